The van der Waals surface area contributed by atoms with Crippen molar-refractivity contribution in [2.75, 3.05) is 0 Å². The highest BCUT2D eigenvalue weighted by Crippen LogP contribution is 2.31. The molecule has 2 nitrogen and oxygen atoms in total. The zero-order valence-electron chi connectivity index (χ0n) is 21.3. The molecule has 2 N–H and O–H groups in total. The van der Waals surface area contributed by atoms with Gasteiger partial charge in [0.1, 0.15) is 11.6 Å². The second kappa shape index (κ2) is 13.8. The number of rotatable bonds is 2. The Labute approximate surface area is 232 Å². The Hall–Kier alpha value is -2.80. The van der Waals surface area contributed by atoms with Gasteiger partial charge in [-0.1, -0.05) is 70.5 Å². The molecule has 0 atom stereocenters. The quantitative estimate of drug-likeness (QED) is 0.248. The summed E-state index contributed by atoms with van der Waals surface area (Å²) in [5.74, 6) is -0.553. The maximum Gasteiger partial charge on any atom is 0.488 e. The first-order valence-corrected chi connectivity index (χ1v) is 14.0. The van der Waals surface area contributed by atoms with E-state index in [1.54, 1.807) is 11.1 Å². The van der Waals surface area contributed by atoms with Gasteiger partial charge in [-0.25, -0.2) is 8.78 Å². The van der Waals surface area contributed by atoms with Crippen LogP contribution in [-0.4, -0.2) is 17.2 Å². The SMILES string of the molecule is Brc1cccc2c1CCCC2.Fc1ccc(-c2cccc3c2CCCC3)cc1.OB(O)c1ccc(F)cc1. The van der Waals surface area contributed by atoms with Gasteiger partial charge in [-0.3, -0.25) is 0 Å². The lowest BCUT2D eigenvalue weighted by Crippen LogP contribution is -2.29. The van der Waals surface area contributed by atoms with Crippen LogP contribution in [0.2, 0.25) is 0 Å². The molecule has 0 radical (unpaired) electrons. The summed E-state index contributed by atoms with van der Waals surface area (Å²) in [6.07, 6.45) is 10.2. The fourth-order valence-electron chi connectivity index (χ4n) is 5.05. The van der Waals surface area contributed by atoms with Crippen LogP contribution in [0.5, 0.6) is 0 Å². The number of fused-ring (bicyclic) bond motifs is 2. The van der Waals surface area contributed by atoms with Gasteiger partial charge < -0.3 is 10.0 Å². The molecule has 2 aliphatic rings. The number of halogens is 3. The third-order valence-electron chi connectivity index (χ3n) is 7.06. The molecule has 0 heterocycles. The number of hydrogen-bond donors (Lipinski definition) is 2. The minimum atomic E-state index is -1.51. The van der Waals surface area contributed by atoms with Crippen LogP contribution in [0, 0.1) is 11.6 Å². The fourth-order valence-corrected chi connectivity index (χ4v) is 5.66. The Bertz CT molecular complexity index is 1320. The van der Waals surface area contributed by atoms with Gasteiger partial charge in [-0.15, -0.1) is 0 Å². The number of benzene rings is 4. The summed E-state index contributed by atoms with van der Waals surface area (Å²) in [5.41, 5.74) is 8.72. The fraction of sp³-hybridized carbons (Fsp3) is 0.250. The zero-order chi connectivity index (χ0) is 26.9. The van der Waals surface area contributed by atoms with Crippen molar-refractivity contribution in [3.63, 3.8) is 0 Å². The average molecular weight is 577 g/mol. The number of hydrogen-bond acceptors (Lipinski definition) is 2. The summed E-state index contributed by atoms with van der Waals surface area (Å²) >= 11 is 3.58. The van der Waals surface area contributed by atoms with Crippen molar-refractivity contribution in [3.8, 4) is 11.1 Å². The lowest BCUT2D eigenvalue weighted by molar-refractivity contribution is 0.425. The largest absolute Gasteiger partial charge is 0.488 e. The van der Waals surface area contributed by atoms with Crippen LogP contribution < -0.4 is 5.46 Å². The predicted molar refractivity (Wildman–Crippen MR) is 155 cm³/mol. The molecule has 0 aliphatic heterocycles. The monoisotopic (exact) mass is 576 g/mol. The van der Waals surface area contributed by atoms with Crippen LogP contribution in [0.15, 0.2) is 89.4 Å². The van der Waals surface area contributed by atoms with Crippen LogP contribution in [0.1, 0.15) is 47.9 Å². The van der Waals surface area contributed by atoms with Crippen LogP contribution in [0.25, 0.3) is 11.1 Å². The summed E-state index contributed by atoms with van der Waals surface area (Å²) in [6, 6.07) is 24.8. The maximum atomic E-state index is 12.9. The third kappa shape index (κ3) is 7.63. The molecular weight excluding hydrogens is 545 g/mol. The topological polar surface area (TPSA) is 40.5 Å². The Morgan fingerprint density at radius 1 is 0.579 bits per heavy atom. The van der Waals surface area contributed by atoms with Crippen LogP contribution in [-0.2, 0) is 25.7 Å². The lowest BCUT2D eigenvalue weighted by atomic mass is 9.80. The van der Waals surface area contributed by atoms with Crippen LogP contribution in [0.4, 0.5) is 8.78 Å². The van der Waals surface area contributed by atoms with E-state index in [2.05, 4.69) is 52.3 Å². The highest BCUT2D eigenvalue weighted by Gasteiger charge is 2.14. The predicted octanol–water partition coefficient (Wildman–Crippen LogP) is 7.20. The van der Waals surface area contributed by atoms with E-state index >= 15 is 0 Å². The first-order valence-electron chi connectivity index (χ1n) is 13.2. The standard InChI is InChI=1S/C16H15F.C10H11Br.C6H6BFO2/c17-14-10-8-13(9-11-14)16-7-3-5-12-4-1-2-6-15(12)16;11-10-7-3-5-8-4-1-2-6-9(8)10;8-6-3-1-5(2-4-6)7(9)10/h3,5,7-11H,1-2,4,6H2;3,5,7H,1-2,4,6H2;1-4,9-10H. The Balaban J connectivity index is 0.000000140. The molecule has 0 amide bonds. The average Bonchev–Trinajstić information content (AvgIpc) is 2.95. The van der Waals surface area contributed by atoms with Gasteiger partial charge in [-0.05, 0) is 121 Å². The van der Waals surface area contributed by atoms with Gasteiger partial charge >= 0.3 is 7.12 Å². The molecule has 0 unspecified atom stereocenters. The van der Waals surface area contributed by atoms with E-state index in [1.165, 1.54) is 103 Å². The summed E-state index contributed by atoms with van der Waals surface area (Å²) < 4.78 is 26.4. The van der Waals surface area contributed by atoms with E-state index in [0.717, 1.165) is 12.0 Å². The van der Waals surface area contributed by atoms with E-state index in [0.29, 0.717) is 5.46 Å². The molecule has 4 aromatic rings. The molecule has 0 fully saturated rings. The van der Waals surface area contributed by atoms with Gasteiger partial charge in [0.2, 0.25) is 0 Å². The van der Waals surface area contributed by atoms with Gasteiger partial charge in [0.05, 0.1) is 0 Å². The molecule has 4 aromatic carbocycles. The van der Waals surface area contributed by atoms with Gasteiger partial charge in [0.25, 0.3) is 0 Å². The molecule has 196 valence electrons. The molecule has 0 spiro atoms. The van der Waals surface area contributed by atoms with E-state index in [-0.39, 0.29) is 11.6 Å². The smallest absolute Gasteiger partial charge is 0.423 e. The van der Waals surface area contributed by atoms with Crippen molar-refractivity contribution in [3.05, 3.63) is 123 Å². The summed E-state index contributed by atoms with van der Waals surface area (Å²) in [6.45, 7) is 0. The first kappa shape index (κ1) is 28.2. The molecule has 0 saturated carbocycles. The molecule has 38 heavy (non-hydrogen) atoms. The van der Waals surface area contributed by atoms with Gasteiger partial charge in [-0.2, -0.15) is 0 Å². The molecule has 0 saturated heterocycles. The highest BCUT2D eigenvalue weighted by atomic mass is 79.9. The molecule has 0 bridgehead atoms. The first-order chi connectivity index (χ1) is 18.4. The highest BCUT2D eigenvalue weighted by molar-refractivity contribution is 9.10. The van der Waals surface area contributed by atoms with Gasteiger partial charge in [0, 0.05) is 4.47 Å². The summed E-state index contributed by atoms with van der Waals surface area (Å²) in [7, 11) is -1.51. The Kier molecular flexibility index (Phi) is 10.3. The maximum absolute atomic E-state index is 12.9. The van der Waals surface area contributed by atoms with Crippen molar-refractivity contribution in [2.45, 2.75) is 51.4 Å². The molecular formula is C32H32BBrF2O2. The number of aryl methyl sites for hydroxylation is 2. The Morgan fingerprint density at radius 2 is 1.08 bits per heavy atom. The van der Waals surface area contributed by atoms with Crippen LogP contribution >= 0.6 is 15.9 Å². The van der Waals surface area contributed by atoms with Crippen molar-refractivity contribution < 1.29 is 18.8 Å². The van der Waals surface area contributed by atoms with E-state index < -0.39 is 7.12 Å². The van der Waals surface area contributed by atoms with Crippen molar-refractivity contribution in [1.29, 1.82) is 0 Å². The second-order valence-corrected chi connectivity index (χ2v) is 10.5. The zero-order valence-corrected chi connectivity index (χ0v) is 22.9. The molecule has 6 rings (SSSR count). The van der Waals surface area contributed by atoms with Crippen molar-refractivity contribution in [2.24, 2.45) is 0 Å². The van der Waals surface area contributed by atoms with Gasteiger partial charge in [0.15, 0.2) is 0 Å². The summed E-state index contributed by atoms with van der Waals surface area (Å²) in [5, 5.41) is 17.1. The van der Waals surface area contributed by atoms with E-state index in [4.69, 9.17) is 10.0 Å². The van der Waals surface area contributed by atoms with Crippen molar-refractivity contribution in [1.82, 2.24) is 0 Å². The lowest BCUT2D eigenvalue weighted by Gasteiger charge is -2.19. The second-order valence-electron chi connectivity index (χ2n) is 9.67. The van der Waals surface area contributed by atoms with Crippen LogP contribution in [0.3, 0.4) is 0 Å². The minimum Gasteiger partial charge on any atom is -0.423 e. The van der Waals surface area contributed by atoms with E-state index in [9.17, 15) is 8.78 Å². The molecule has 0 aromatic heterocycles. The third-order valence-corrected chi connectivity index (χ3v) is 7.80. The normalized spacial score (nSPS) is 13.6. The minimum absolute atomic E-state index is 0.168. The van der Waals surface area contributed by atoms with Crippen molar-refractivity contribution >= 4 is 28.5 Å². The Morgan fingerprint density at radius 3 is 1.66 bits per heavy atom. The molecule has 6 heteroatoms. The molecule has 2 aliphatic carbocycles. The van der Waals surface area contributed by atoms with E-state index in [1.807, 2.05) is 12.1 Å². The summed E-state index contributed by atoms with van der Waals surface area (Å²) in [4.78, 5) is 0.